The number of amides is 4. The molecule has 14 heteroatoms. The van der Waals surface area contributed by atoms with Crippen LogP contribution < -0.4 is 15.1 Å². The highest BCUT2D eigenvalue weighted by Crippen LogP contribution is 2.64. The molecule has 4 amide bonds. The summed E-state index contributed by atoms with van der Waals surface area (Å²) in [5.74, 6) is -7.16. The van der Waals surface area contributed by atoms with E-state index in [-0.39, 0.29) is 41.4 Å². The highest BCUT2D eigenvalue weighted by Gasteiger charge is 2.70. The van der Waals surface area contributed by atoms with Crippen LogP contribution >= 0.6 is 11.6 Å². The van der Waals surface area contributed by atoms with Crippen LogP contribution in [-0.2, 0) is 24.6 Å². The summed E-state index contributed by atoms with van der Waals surface area (Å²) < 4.78 is 19.2. The number of phenolic OH excluding ortho intramolecular Hbond substituents is 1. The van der Waals surface area contributed by atoms with Crippen LogP contribution in [0, 0.1) is 39.6 Å². The lowest BCUT2D eigenvalue weighted by atomic mass is 9.49. The quantitative estimate of drug-likeness (QED) is 0.0962. The lowest BCUT2D eigenvalue weighted by Gasteiger charge is -2.50. The number of anilines is 2. The Balaban J connectivity index is 1.31. The molecule has 0 aromatic heterocycles. The number of carbonyl (C=O) groups is 4. The standard InChI is InChI=1S/C39H30ClFN4O8/c1-53-32-17-2-20(18-31(32)46)34-27-15-16-28-33(37(49)43(35(28)47)25-11-13-26(14-12-25)45(51)52)29(27)19-30-36(48)44(42-24-9-7-23(41)8-10-24)38(50)39(30,34)21-3-5-22(40)6-4-21/h2-15,17-18,28-30,33-34,42,46H,16,19H2,1H3/t28-,29+,30-,33-,34-,39+/m0/s1. The second-order valence-corrected chi connectivity index (χ2v) is 14.0. The number of carbonyl (C=O) groups excluding carboxylic acids is 4. The molecule has 4 aromatic carbocycles. The number of halogens is 2. The molecule has 2 saturated heterocycles. The monoisotopic (exact) mass is 736 g/mol. The number of nitro groups is 1. The van der Waals surface area contributed by atoms with Gasteiger partial charge in [-0.25, -0.2) is 4.39 Å². The second-order valence-electron chi connectivity index (χ2n) is 13.6. The molecular weight excluding hydrogens is 707 g/mol. The summed E-state index contributed by atoms with van der Waals surface area (Å²) in [5, 5.41) is 23.7. The number of nitrogens with one attached hydrogen (secondary N) is 1. The number of hydrazine groups is 1. The summed E-state index contributed by atoms with van der Waals surface area (Å²) in [6, 6.07) is 21.7. The number of rotatable bonds is 7. The molecule has 268 valence electrons. The minimum atomic E-state index is -1.63. The molecule has 2 aliphatic heterocycles. The van der Waals surface area contributed by atoms with Gasteiger partial charge in [-0.1, -0.05) is 41.4 Å². The number of nitrogens with zero attached hydrogens (tertiary/aromatic N) is 3. The summed E-state index contributed by atoms with van der Waals surface area (Å²) in [5.41, 5.74) is 3.11. The van der Waals surface area contributed by atoms with Crippen molar-refractivity contribution in [2.75, 3.05) is 17.4 Å². The van der Waals surface area contributed by atoms with Crippen LogP contribution in [0.25, 0.3) is 0 Å². The van der Waals surface area contributed by atoms with Crippen LogP contribution in [0.1, 0.15) is 29.9 Å². The minimum Gasteiger partial charge on any atom is -0.504 e. The van der Waals surface area contributed by atoms with Crippen molar-refractivity contribution in [1.29, 1.82) is 0 Å². The van der Waals surface area contributed by atoms with Gasteiger partial charge in [-0.2, -0.15) is 5.01 Å². The molecule has 2 N–H and O–H groups in total. The third-order valence-electron chi connectivity index (χ3n) is 11.1. The number of ether oxygens (including phenoxy) is 1. The molecule has 8 rings (SSSR count). The number of phenols is 1. The van der Waals surface area contributed by atoms with Crippen molar-refractivity contribution in [2.45, 2.75) is 24.2 Å². The van der Waals surface area contributed by atoms with Crippen molar-refractivity contribution < 1.29 is 38.3 Å². The number of benzene rings is 4. The molecule has 3 fully saturated rings. The lowest BCUT2D eigenvalue weighted by molar-refractivity contribution is -0.384. The smallest absolute Gasteiger partial charge is 0.269 e. The van der Waals surface area contributed by atoms with Gasteiger partial charge in [0, 0.05) is 23.1 Å². The number of hydrogen-bond donors (Lipinski definition) is 2. The van der Waals surface area contributed by atoms with Crippen molar-refractivity contribution in [3.63, 3.8) is 0 Å². The summed E-state index contributed by atoms with van der Waals surface area (Å²) in [4.78, 5) is 70.1. The van der Waals surface area contributed by atoms with E-state index in [1.807, 2.05) is 6.08 Å². The fourth-order valence-corrected chi connectivity index (χ4v) is 9.02. The molecule has 53 heavy (non-hydrogen) atoms. The molecule has 0 spiro atoms. The van der Waals surface area contributed by atoms with Gasteiger partial charge < -0.3 is 9.84 Å². The van der Waals surface area contributed by atoms with Gasteiger partial charge in [-0.3, -0.25) is 39.6 Å². The molecule has 12 nitrogen and oxygen atoms in total. The Hall–Kier alpha value is -6.08. The van der Waals surface area contributed by atoms with Crippen LogP contribution in [-0.4, -0.2) is 45.8 Å². The van der Waals surface area contributed by atoms with E-state index in [4.69, 9.17) is 16.3 Å². The predicted molar refractivity (Wildman–Crippen MR) is 189 cm³/mol. The molecule has 0 bridgehead atoms. The van der Waals surface area contributed by atoms with E-state index in [1.54, 1.807) is 36.4 Å². The van der Waals surface area contributed by atoms with Gasteiger partial charge in [0.2, 0.25) is 11.8 Å². The van der Waals surface area contributed by atoms with Crippen molar-refractivity contribution in [3.8, 4) is 11.5 Å². The topological polar surface area (TPSA) is 159 Å². The molecule has 2 aliphatic carbocycles. The van der Waals surface area contributed by atoms with Crippen molar-refractivity contribution in [1.82, 2.24) is 5.01 Å². The maximum Gasteiger partial charge on any atom is 0.269 e. The largest absolute Gasteiger partial charge is 0.504 e. The van der Waals surface area contributed by atoms with Gasteiger partial charge in [0.05, 0.1) is 46.6 Å². The van der Waals surface area contributed by atoms with E-state index >= 15 is 4.79 Å². The van der Waals surface area contributed by atoms with Crippen LogP contribution in [0.3, 0.4) is 0 Å². The molecule has 0 unspecified atom stereocenters. The van der Waals surface area contributed by atoms with E-state index in [0.29, 0.717) is 21.7 Å². The van der Waals surface area contributed by atoms with Crippen LogP contribution in [0.15, 0.2) is 103 Å². The summed E-state index contributed by atoms with van der Waals surface area (Å²) >= 11 is 6.33. The van der Waals surface area contributed by atoms with Gasteiger partial charge in [0.1, 0.15) is 5.82 Å². The SMILES string of the molecule is COc1ccc([C@H]2C3=CC[C@@H]4C(=O)N(c5ccc([N+](=O)[O-])cc5)C(=O)[C@@H]4[C@@H]3C[C@H]3C(=O)N(Nc4ccc(F)cc4)C(=O)[C@@]23c2ccc(Cl)cc2)cc1O. The highest BCUT2D eigenvalue weighted by atomic mass is 35.5. The maximum atomic E-state index is 15.2. The highest BCUT2D eigenvalue weighted by molar-refractivity contribution is 6.30. The Kier molecular flexibility index (Phi) is 8.06. The zero-order valence-corrected chi connectivity index (χ0v) is 28.7. The van der Waals surface area contributed by atoms with E-state index in [0.717, 1.165) is 9.91 Å². The second kappa shape index (κ2) is 12.6. The lowest BCUT2D eigenvalue weighted by Crippen LogP contribution is -2.53. The Morgan fingerprint density at radius 1 is 0.925 bits per heavy atom. The van der Waals surface area contributed by atoms with Gasteiger partial charge in [0.25, 0.3) is 17.5 Å². The van der Waals surface area contributed by atoms with Crippen LogP contribution in [0.5, 0.6) is 11.5 Å². The molecule has 2 heterocycles. The number of non-ortho nitro benzene ring substituents is 1. The zero-order valence-electron chi connectivity index (χ0n) is 27.9. The molecular formula is C39H30ClFN4O8. The van der Waals surface area contributed by atoms with E-state index in [1.165, 1.54) is 61.7 Å². The minimum absolute atomic E-state index is 0.00750. The van der Waals surface area contributed by atoms with Crippen molar-refractivity contribution in [3.05, 3.63) is 135 Å². The number of hydrogen-bond acceptors (Lipinski definition) is 9. The number of allylic oxidation sites excluding steroid dienone is 2. The first-order chi connectivity index (χ1) is 25.4. The number of fused-ring (bicyclic) bond motifs is 4. The Morgan fingerprint density at radius 3 is 2.26 bits per heavy atom. The molecule has 4 aromatic rings. The summed E-state index contributed by atoms with van der Waals surface area (Å²) in [6.45, 7) is 0. The Labute approximate surface area is 306 Å². The predicted octanol–water partition coefficient (Wildman–Crippen LogP) is 6.29. The van der Waals surface area contributed by atoms with Gasteiger partial charge in [-0.15, -0.1) is 0 Å². The van der Waals surface area contributed by atoms with Gasteiger partial charge >= 0.3 is 0 Å². The van der Waals surface area contributed by atoms with Crippen molar-refractivity contribution >= 4 is 52.3 Å². The number of methoxy groups -OCH3 is 1. The number of aromatic hydroxyl groups is 1. The van der Waals surface area contributed by atoms with Crippen LogP contribution in [0.2, 0.25) is 5.02 Å². The molecule has 4 aliphatic rings. The van der Waals surface area contributed by atoms with Gasteiger partial charge in [0.15, 0.2) is 11.5 Å². The Bertz CT molecular complexity index is 2250. The summed E-state index contributed by atoms with van der Waals surface area (Å²) in [6.07, 6.45) is 2.02. The summed E-state index contributed by atoms with van der Waals surface area (Å²) in [7, 11) is 1.40. The first-order valence-electron chi connectivity index (χ1n) is 16.8. The molecule has 1 saturated carbocycles. The van der Waals surface area contributed by atoms with Gasteiger partial charge in [-0.05, 0) is 90.6 Å². The maximum absolute atomic E-state index is 15.2. The van der Waals surface area contributed by atoms with Crippen molar-refractivity contribution in [2.24, 2.45) is 23.7 Å². The average molecular weight is 737 g/mol. The third-order valence-corrected chi connectivity index (χ3v) is 11.4. The third kappa shape index (κ3) is 5.09. The number of nitro benzene ring substituents is 1. The molecule has 0 radical (unpaired) electrons. The molecule has 6 atom stereocenters. The normalized spacial score (nSPS) is 26.2. The first-order valence-corrected chi connectivity index (χ1v) is 17.2. The van der Waals surface area contributed by atoms with E-state index in [9.17, 15) is 34.0 Å². The Morgan fingerprint density at radius 2 is 1.62 bits per heavy atom. The number of imide groups is 2. The zero-order chi connectivity index (χ0) is 37.3. The van der Waals surface area contributed by atoms with E-state index in [2.05, 4.69) is 5.43 Å². The van der Waals surface area contributed by atoms with E-state index < -0.39 is 69.4 Å². The van der Waals surface area contributed by atoms with Crippen LogP contribution in [0.4, 0.5) is 21.5 Å². The average Bonchev–Trinajstić information content (AvgIpc) is 3.53. The fraction of sp³-hybridized carbons (Fsp3) is 0.231. The fourth-order valence-electron chi connectivity index (χ4n) is 8.89. The first kappa shape index (κ1) is 34.0.